The fourth-order valence-electron chi connectivity index (χ4n) is 12.2. The number of aliphatic hydroxyl groups excluding tert-OH is 4. The Morgan fingerprint density at radius 1 is 0.913 bits per heavy atom. The highest BCUT2D eigenvalue weighted by Crippen LogP contribution is 2.75. The van der Waals surface area contributed by atoms with Crippen LogP contribution in [-0.4, -0.2) is 82.7 Å². The normalized spacial score (nSPS) is 53.2. The third kappa shape index (κ3) is 4.61. The highest BCUT2D eigenvalue weighted by molar-refractivity contribution is 5.95. The lowest BCUT2D eigenvalue weighted by atomic mass is 9.33. The molecule has 1 aliphatic heterocycles. The van der Waals surface area contributed by atoms with Gasteiger partial charge in [-0.25, -0.2) is 0 Å². The Balaban J connectivity index is 1.31. The number of hydrogen-bond acceptors (Lipinski definition) is 9. The molecule has 2 unspecified atom stereocenters. The first-order valence-electron chi connectivity index (χ1n) is 17.6. The van der Waals surface area contributed by atoms with Crippen molar-refractivity contribution in [1.29, 1.82) is 0 Å². The number of methoxy groups -OCH3 is 1. The molecular weight excluding hydrogens is 588 g/mol. The first-order chi connectivity index (χ1) is 21.3. The molecule has 0 aromatic carbocycles. The summed E-state index contributed by atoms with van der Waals surface area (Å²) in [4.78, 5) is 27.7. The van der Waals surface area contributed by atoms with E-state index in [-0.39, 0.29) is 62.7 Å². The molecule has 0 radical (unpaired) electrons. The van der Waals surface area contributed by atoms with Crippen LogP contribution in [0.3, 0.4) is 0 Å². The van der Waals surface area contributed by atoms with E-state index in [1.807, 2.05) is 13.0 Å². The van der Waals surface area contributed by atoms with E-state index in [0.717, 1.165) is 51.4 Å². The van der Waals surface area contributed by atoms with Gasteiger partial charge in [-0.05, 0) is 110 Å². The Labute approximate surface area is 274 Å². The average Bonchev–Trinajstić information content (AvgIpc) is 3.00. The van der Waals surface area contributed by atoms with Crippen molar-refractivity contribution in [2.24, 2.45) is 50.2 Å². The summed E-state index contributed by atoms with van der Waals surface area (Å²) in [7, 11) is 1.48. The lowest BCUT2D eigenvalue weighted by Crippen LogP contribution is -2.67. The van der Waals surface area contributed by atoms with E-state index >= 15 is 0 Å². The molecule has 4 saturated carbocycles. The van der Waals surface area contributed by atoms with Crippen LogP contribution in [0.15, 0.2) is 11.6 Å². The monoisotopic (exact) mass is 646 g/mol. The van der Waals surface area contributed by atoms with Crippen LogP contribution in [0.25, 0.3) is 0 Å². The van der Waals surface area contributed by atoms with Gasteiger partial charge in [0.1, 0.15) is 24.4 Å². The van der Waals surface area contributed by atoms with Crippen LogP contribution in [0.1, 0.15) is 106 Å². The van der Waals surface area contributed by atoms with Crippen molar-refractivity contribution in [2.75, 3.05) is 13.7 Å². The number of allylic oxidation sites excluding steroid dienone is 2. The number of esters is 1. The summed E-state index contributed by atoms with van der Waals surface area (Å²) in [6, 6.07) is 0. The summed E-state index contributed by atoms with van der Waals surface area (Å²) >= 11 is 0. The van der Waals surface area contributed by atoms with E-state index in [2.05, 4.69) is 41.5 Å². The number of ether oxygens (including phenoxy) is 3. The second-order valence-electron chi connectivity index (χ2n) is 17.9. The van der Waals surface area contributed by atoms with Crippen molar-refractivity contribution in [2.45, 2.75) is 143 Å². The van der Waals surface area contributed by atoms with Crippen LogP contribution in [0.5, 0.6) is 0 Å². The summed E-state index contributed by atoms with van der Waals surface area (Å²) in [5, 5.41) is 41.1. The summed E-state index contributed by atoms with van der Waals surface area (Å²) in [6.45, 7) is 15.4. The maximum Gasteiger partial charge on any atom is 0.311 e. The van der Waals surface area contributed by atoms with Gasteiger partial charge in [-0.3, -0.25) is 9.59 Å². The number of aliphatic hydroxyl groups is 4. The first kappa shape index (κ1) is 34.5. The largest absolute Gasteiger partial charge is 0.469 e. The van der Waals surface area contributed by atoms with E-state index in [9.17, 15) is 30.0 Å². The van der Waals surface area contributed by atoms with E-state index in [1.165, 1.54) is 12.7 Å². The van der Waals surface area contributed by atoms with Crippen molar-refractivity contribution >= 4 is 11.8 Å². The van der Waals surface area contributed by atoms with Gasteiger partial charge in [0.25, 0.3) is 0 Å². The smallest absolute Gasteiger partial charge is 0.311 e. The lowest BCUT2D eigenvalue weighted by molar-refractivity contribution is -0.329. The molecule has 6 rings (SSSR count). The van der Waals surface area contributed by atoms with Gasteiger partial charge in [-0.1, -0.05) is 47.1 Å². The van der Waals surface area contributed by atoms with Crippen LogP contribution in [-0.2, 0) is 23.8 Å². The molecule has 0 bridgehead atoms. The molecule has 5 aliphatic carbocycles. The zero-order valence-electron chi connectivity index (χ0n) is 29.2. The van der Waals surface area contributed by atoms with Crippen LogP contribution < -0.4 is 0 Å². The standard InChI is InChI=1S/C37H58O9/c1-32(2)24-9-12-37(7)29(35(24,5)11-10-25(32)46-30-28(42)27(41)26(40)23(19-38)45-30)22(39)17-20-21-18-34(4,31(43)44-8)14-13-33(21,3)15-16-36(20,37)6/h17,21,23-30,38,40-42H,9-16,18-19H2,1-8H3/t21-,23+,24?,25-,26-,27-,28+,29?,30-,33+,34-,35-,36+,37+/m0/s1. The molecule has 0 aromatic heterocycles. The van der Waals surface area contributed by atoms with Crippen molar-refractivity contribution in [1.82, 2.24) is 0 Å². The van der Waals surface area contributed by atoms with Gasteiger partial charge in [-0.2, -0.15) is 0 Å². The Kier molecular flexibility index (Phi) is 8.31. The number of rotatable bonds is 4. The molecular formula is C37H58O9. The quantitative estimate of drug-likeness (QED) is 0.259. The molecule has 1 saturated heterocycles. The zero-order valence-corrected chi connectivity index (χ0v) is 29.2. The minimum absolute atomic E-state index is 0.0608. The van der Waals surface area contributed by atoms with Crippen molar-refractivity contribution in [3.8, 4) is 0 Å². The highest BCUT2D eigenvalue weighted by atomic mass is 16.7. The molecule has 0 amide bonds. The third-order valence-corrected chi connectivity index (χ3v) is 15.3. The molecule has 46 heavy (non-hydrogen) atoms. The van der Waals surface area contributed by atoms with E-state index in [4.69, 9.17) is 14.2 Å². The summed E-state index contributed by atoms with van der Waals surface area (Å²) in [5.41, 5.74) is -0.276. The number of hydrogen-bond donors (Lipinski definition) is 4. The van der Waals surface area contributed by atoms with E-state index in [0.29, 0.717) is 6.42 Å². The van der Waals surface area contributed by atoms with Crippen LogP contribution in [0, 0.1) is 50.2 Å². The Bertz CT molecular complexity index is 1280. The van der Waals surface area contributed by atoms with Crippen molar-refractivity contribution in [3.05, 3.63) is 11.6 Å². The van der Waals surface area contributed by atoms with Gasteiger partial charge in [0.15, 0.2) is 12.1 Å². The molecule has 6 aliphatic rings. The minimum atomic E-state index is -1.49. The van der Waals surface area contributed by atoms with Gasteiger partial charge in [0.2, 0.25) is 0 Å². The lowest BCUT2D eigenvalue weighted by Gasteiger charge is -2.70. The maximum atomic E-state index is 14.7. The van der Waals surface area contributed by atoms with Crippen LogP contribution in [0.4, 0.5) is 0 Å². The van der Waals surface area contributed by atoms with Gasteiger partial charge in [0, 0.05) is 5.92 Å². The maximum absolute atomic E-state index is 14.7. The zero-order chi connectivity index (χ0) is 33.8. The summed E-state index contributed by atoms with van der Waals surface area (Å²) < 4.78 is 17.4. The third-order valence-electron chi connectivity index (χ3n) is 15.3. The molecule has 4 N–H and O–H groups in total. The number of fused-ring (bicyclic) bond motifs is 7. The summed E-state index contributed by atoms with van der Waals surface area (Å²) in [5.74, 6) is 0.248. The molecule has 14 atom stereocenters. The van der Waals surface area contributed by atoms with Crippen molar-refractivity contribution in [3.63, 3.8) is 0 Å². The van der Waals surface area contributed by atoms with Gasteiger partial charge in [0.05, 0.1) is 25.2 Å². The Morgan fingerprint density at radius 3 is 2.24 bits per heavy atom. The molecule has 260 valence electrons. The van der Waals surface area contributed by atoms with Crippen LogP contribution >= 0.6 is 0 Å². The molecule has 1 heterocycles. The van der Waals surface area contributed by atoms with Crippen molar-refractivity contribution < 1.29 is 44.2 Å². The fourth-order valence-corrected chi connectivity index (χ4v) is 12.2. The van der Waals surface area contributed by atoms with Gasteiger partial charge < -0.3 is 34.6 Å². The average molecular weight is 647 g/mol. The second-order valence-corrected chi connectivity index (χ2v) is 17.9. The van der Waals surface area contributed by atoms with Gasteiger partial charge >= 0.3 is 5.97 Å². The van der Waals surface area contributed by atoms with Crippen LogP contribution in [0.2, 0.25) is 0 Å². The molecule has 0 aromatic rings. The van der Waals surface area contributed by atoms with Gasteiger partial charge in [-0.15, -0.1) is 0 Å². The predicted octanol–water partition coefficient (Wildman–Crippen LogP) is 4.33. The molecule has 9 heteroatoms. The first-order valence-corrected chi connectivity index (χ1v) is 17.6. The molecule has 0 spiro atoms. The fraction of sp³-hybridized carbons (Fsp3) is 0.892. The number of carbonyl (C=O) groups excluding carboxylic acids is 2. The predicted molar refractivity (Wildman–Crippen MR) is 170 cm³/mol. The topological polar surface area (TPSA) is 143 Å². The number of carbonyl (C=O) groups is 2. The minimum Gasteiger partial charge on any atom is -0.469 e. The Hall–Kier alpha value is -1.36. The van der Waals surface area contributed by atoms with E-state index < -0.39 is 42.7 Å². The number of ketones is 1. The second kappa shape index (κ2) is 11.1. The summed E-state index contributed by atoms with van der Waals surface area (Å²) in [6.07, 6.45) is 3.00. The highest BCUT2D eigenvalue weighted by Gasteiger charge is 2.70. The molecule has 5 fully saturated rings. The molecule has 9 nitrogen and oxygen atoms in total. The SMILES string of the molecule is COC(=O)[C@@]1(C)CC[C@]2(C)CC[C@]3(C)C(=CC(=O)C4[C@@]5(C)CC[C@H](O[C@@H]6O[C@H](CO)[C@H](O)[C@H](O)[C@H]6O)C(C)(C)C5CC[C@]43C)[C@@H]2C1. The Morgan fingerprint density at radius 2 is 1.59 bits per heavy atom. The van der Waals surface area contributed by atoms with E-state index in [1.54, 1.807) is 0 Å².